The van der Waals surface area contributed by atoms with Crippen LogP contribution >= 0.6 is 0 Å². The van der Waals surface area contributed by atoms with Gasteiger partial charge in [-0.05, 0) is 43.7 Å². The van der Waals surface area contributed by atoms with E-state index in [0.717, 1.165) is 11.8 Å². The number of anilines is 1. The number of halogens is 2. The number of guanidine groups is 1. The molecule has 0 aromatic heterocycles. The molecule has 0 saturated carbocycles. The van der Waals surface area contributed by atoms with Gasteiger partial charge < -0.3 is 4.90 Å². The van der Waals surface area contributed by atoms with Crippen molar-refractivity contribution in [2.24, 2.45) is 4.99 Å². The van der Waals surface area contributed by atoms with E-state index in [-0.39, 0.29) is 11.4 Å². The zero-order valence-electron chi connectivity index (χ0n) is 14.0. The average molecular weight is 341 g/mol. The molecule has 0 aliphatic carbocycles. The molecular formula is C19H17F2N3O. The van der Waals surface area contributed by atoms with Crippen molar-refractivity contribution in [2.75, 3.05) is 11.4 Å². The molecule has 0 spiro atoms. The summed E-state index contributed by atoms with van der Waals surface area (Å²) in [5, 5.41) is 0. The SMILES string of the molecule is CC1(C)CN2C(=O)c3ccccc3N(Cc3ccc(F)c(F)c3)C2=N1. The van der Waals surface area contributed by atoms with Crippen LogP contribution in [0.1, 0.15) is 29.8 Å². The highest BCUT2D eigenvalue weighted by Crippen LogP contribution is 2.35. The van der Waals surface area contributed by atoms with Crippen LogP contribution in [-0.4, -0.2) is 28.9 Å². The third-order valence-electron chi connectivity index (χ3n) is 4.43. The Hall–Kier alpha value is -2.76. The van der Waals surface area contributed by atoms with Crippen molar-refractivity contribution >= 4 is 17.6 Å². The van der Waals surface area contributed by atoms with E-state index in [0.29, 0.717) is 30.2 Å². The van der Waals surface area contributed by atoms with Gasteiger partial charge in [0.15, 0.2) is 11.6 Å². The summed E-state index contributed by atoms with van der Waals surface area (Å²) in [7, 11) is 0. The number of carbonyl (C=O) groups is 1. The third kappa shape index (κ3) is 2.58. The van der Waals surface area contributed by atoms with Crippen LogP contribution in [0.2, 0.25) is 0 Å². The normalized spacial score (nSPS) is 18.1. The zero-order chi connectivity index (χ0) is 17.8. The van der Waals surface area contributed by atoms with Crippen molar-refractivity contribution in [1.82, 2.24) is 4.90 Å². The molecule has 1 amide bonds. The maximum atomic E-state index is 13.6. The molecule has 0 radical (unpaired) electrons. The Morgan fingerprint density at radius 1 is 1.12 bits per heavy atom. The summed E-state index contributed by atoms with van der Waals surface area (Å²) in [5.74, 6) is -1.29. The summed E-state index contributed by atoms with van der Waals surface area (Å²) in [4.78, 5) is 21.0. The summed E-state index contributed by atoms with van der Waals surface area (Å²) in [6, 6.07) is 11.1. The Balaban J connectivity index is 1.81. The van der Waals surface area contributed by atoms with Gasteiger partial charge in [-0.3, -0.25) is 9.69 Å². The predicted octanol–water partition coefficient (Wildman–Crippen LogP) is 3.58. The van der Waals surface area contributed by atoms with Crippen LogP contribution in [-0.2, 0) is 6.54 Å². The molecule has 0 fully saturated rings. The summed E-state index contributed by atoms with van der Waals surface area (Å²) in [6.45, 7) is 4.72. The Kier molecular flexibility index (Phi) is 3.39. The fraction of sp³-hybridized carbons (Fsp3) is 0.263. The van der Waals surface area contributed by atoms with Crippen molar-refractivity contribution in [1.29, 1.82) is 0 Å². The number of benzene rings is 2. The molecule has 4 nitrogen and oxygen atoms in total. The first-order valence-corrected chi connectivity index (χ1v) is 8.08. The molecule has 6 heteroatoms. The second-order valence-corrected chi connectivity index (χ2v) is 6.97. The molecule has 0 unspecified atom stereocenters. The van der Waals surface area contributed by atoms with E-state index in [2.05, 4.69) is 4.99 Å². The van der Waals surface area contributed by atoms with Gasteiger partial charge in [-0.2, -0.15) is 0 Å². The van der Waals surface area contributed by atoms with E-state index in [1.54, 1.807) is 17.0 Å². The second kappa shape index (κ2) is 5.37. The number of hydrogen-bond donors (Lipinski definition) is 0. The van der Waals surface area contributed by atoms with E-state index < -0.39 is 11.6 Å². The number of rotatable bonds is 2. The first kappa shape index (κ1) is 15.7. The molecule has 0 saturated heterocycles. The first-order chi connectivity index (χ1) is 11.9. The standard InChI is InChI=1S/C19H17F2N3O/c1-19(2)11-24-17(25)13-5-3-4-6-16(13)23(18(24)22-19)10-12-7-8-14(20)15(21)9-12/h3-9H,10-11H2,1-2H3. The minimum Gasteiger partial charge on any atom is -0.307 e. The average Bonchev–Trinajstić information content (AvgIpc) is 2.90. The Labute approximate surface area is 144 Å². The van der Waals surface area contributed by atoms with Crippen LogP contribution < -0.4 is 4.90 Å². The molecular weight excluding hydrogens is 324 g/mol. The topological polar surface area (TPSA) is 35.9 Å². The van der Waals surface area contributed by atoms with Crippen LogP contribution in [0.25, 0.3) is 0 Å². The summed E-state index contributed by atoms with van der Waals surface area (Å²) >= 11 is 0. The van der Waals surface area contributed by atoms with E-state index >= 15 is 0 Å². The predicted molar refractivity (Wildman–Crippen MR) is 91.5 cm³/mol. The lowest BCUT2D eigenvalue weighted by atomic mass is 10.1. The van der Waals surface area contributed by atoms with Gasteiger partial charge in [0.1, 0.15) is 0 Å². The van der Waals surface area contributed by atoms with Gasteiger partial charge in [0.2, 0.25) is 5.96 Å². The number of para-hydroxylation sites is 1. The van der Waals surface area contributed by atoms with Crippen molar-refractivity contribution < 1.29 is 13.6 Å². The summed E-state index contributed by atoms with van der Waals surface area (Å²) in [6.07, 6.45) is 0. The molecule has 2 aliphatic heterocycles. The van der Waals surface area contributed by atoms with Gasteiger partial charge in [0, 0.05) is 0 Å². The van der Waals surface area contributed by atoms with Gasteiger partial charge in [-0.25, -0.2) is 13.8 Å². The van der Waals surface area contributed by atoms with Crippen molar-refractivity contribution in [3.8, 4) is 0 Å². The van der Waals surface area contributed by atoms with E-state index in [1.165, 1.54) is 6.07 Å². The molecule has 2 aromatic carbocycles. The number of fused-ring (bicyclic) bond motifs is 2. The molecule has 128 valence electrons. The minimum atomic E-state index is -0.885. The first-order valence-electron chi connectivity index (χ1n) is 8.08. The minimum absolute atomic E-state index is 0.0820. The molecule has 2 aliphatic rings. The lowest BCUT2D eigenvalue weighted by molar-refractivity contribution is 0.0838. The quantitative estimate of drug-likeness (QED) is 0.837. The maximum absolute atomic E-state index is 13.6. The van der Waals surface area contributed by atoms with Crippen LogP contribution in [0.15, 0.2) is 47.5 Å². The van der Waals surface area contributed by atoms with Gasteiger partial charge in [0.05, 0.1) is 29.9 Å². The third-order valence-corrected chi connectivity index (χ3v) is 4.43. The Morgan fingerprint density at radius 3 is 2.64 bits per heavy atom. The van der Waals surface area contributed by atoms with Crippen molar-refractivity contribution in [3.63, 3.8) is 0 Å². The summed E-state index contributed by atoms with van der Waals surface area (Å²) in [5.41, 5.74) is 1.53. The van der Waals surface area contributed by atoms with Crippen LogP contribution in [0.3, 0.4) is 0 Å². The molecule has 0 atom stereocenters. The van der Waals surface area contributed by atoms with E-state index in [9.17, 15) is 13.6 Å². The monoisotopic (exact) mass is 341 g/mol. The smallest absolute Gasteiger partial charge is 0.262 e. The van der Waals surface area contributed by atoms with Crippen molar-refractivity contribution in [3.05, 3.63) is 65.2 Å². The maximum Gasteiger partial charge on any atom is 0.262 e. The fourth-order valence-corrected chi connectivity index (χ4v) is 3.31. The molecule has 0 bridgehead atoms. The van der Waals surface area contributed by atoms with Crippen LogP contribution in [0.5, 0.6) is 0 Å². The van der Waals surface area contributed by atoms with Gasteiger partial charge in [-0.1, -0.05) is 18.2 Å². The lowest BCUT2D eigenvalue weighted by Gasteiger charge is -2.36. The van der Waals surface area contributed by atoms with Gasteiger partial charge >= 0.3 is 0 Å². The number of aliphatic imine (C=N–C) groups is 1. The van der Waals surface area contributed by atoms with Gasteiger partial charge in [-0.15, -0.1) is 0 Å². The van der Waals surface area contributed by atoms with Gasteiger partial charge in [0.25, 0.3) is 5.91 Å². The fourth-order valence-electron chi connectivity index (χ4n) is 3.31. The number of carbonyl (C=O) groups excluding carboxylic acids is 1. The second-order valence-electron chi connectivity index (χ2n) is 6.97. The molecule has 2 aromatic rings. The van der Waals surface area contributed by atoms with E-state index in [1.807, 2.05) is 36.9 Å². The Bertz CT molecular complexity index is 907. The number of amides is 1. The number of nitrogens with zero attached hydrogens (tertiary/aromatic N) is 3. The van der Waals surface area contributed by atoms with E-state index in [4.69, 9.17) is 0 Å². The van der Waals surface area contributed by atoms with Crippen molar-refractivity contribution in [2.45, 2.75) is 25.9 Å². The highest BCUT2D eigenvalue weighted by atomic mass is 19.2. The zero-order valence-corrected chi connectivity index (χ0v) is 14.0. The number of hydrogen-bond acceptors (Lipinski definition) is 3. The summed E-state index contributed by atoms with van der Waals surface area (Å²) < 4.78 is 26.8. The highest BCUT2D eigenvalue weighted by molar-refractivity contribution is 6.19. The molecule has 4 rings (SSSR count). The van der Waals surface area contributed by atoms with Crippen LogP contribution in [0, 0.1) is 11.6 Å². The lowest BCUT2D eigenvalue weighted by Crippen LogP contribution is -2.50. The molecule has 25 heavy (non-hydrogen) atoms. The highest BCUT2D eigenvalue weighted by Gasteiger charge is 2.43. The Morgan fingerprint density at radius 2 is 1.88 bits per heavy atom. The molecule has 2 heterocycles. The molecule has 0 N–H and O–H groups in total. The van der Waals surface area contributed by atoms with Crippen LogP contribution in [0.4, 0.5) is 14.5 Å². The largest absolute Gasteiger partial charge is 0.307 e.